The van der Waals surface area contributed by atoms with Crippen molar-refractivity contribution in [1.29, 1.82) is 0 Å². The Labute approximate surface area is 123 Å². The zero-order valence-electron chi connectivity index (χ0n) is 12.4. The normalized spacial score (nSPS) is 12.8. The summed E-state index contributed by atoms with van der Waals surface area (Å²) in [6.45, 7) is 2.45. The number of carbonyl (C=O) groups excluding carboxylic acids is 1. The van der Waals surface area contributed by atoms with Gasteiger partial charge in [-0.05, 0) is 24.1 Å². The maximum atomic E-state index is 11.9. The van der Waals surface area contributed by atoms with Crippen LogP contribution >= 0.6 is 0 Å². The number of nitrogens with zero attached hydrogens (tertiary/aromatic N) is 1. The molecule has 0 saturated carbocycles. The van der Waals surface area contributed by atoms with E-state index >= 15 is 0 Å². The van der Waals surface area contributed by atoms with Gasteiger partial charge >= 0.3 is 0 Å². The van der Waals surface area contributed by atoms with E-state index in [1.807, 2.05) is 6.92 Å². The van der Waals surface area contributed by atoms with Gasteiger partial charge in [0.2, 0.25) is 5.91 Å². The number of nitrogens with two attached hydrogens (primary N) is 1. The summed E-state index contributed by atoms with van der Waals surface area (Å²) in [6, 6.07) is 4.86. The van der Waals surface area contributed by atoms with Crippen LogP contribution in [0.15, 0.2) is 23.4 Å². The summed E-state index contributed by atoms with van der Waals surface area (Å²) in [7, 11) is 3.08. The average Bonchev–Trinajstić information content (AvgIpc) is 2.46. The van der Waals surface area contributed by atoms with Crippen LogP contribution in [0, 0.1) is 5.92 Å². The number of carbonyl (C=O) groups is 1. The van der Waals surface area contributed by atoms with Crippen LogP contribution in [0.1, 0.15) is 18.9 Å². The monoisotopic (exact) mass is 295 g/mol. The Morgan fingerprint density at radius 3 is 2.76 bits per heavy atom. The van der Waals surface area contributed by atoms with E-state index in [0.29, 0.717) is 30.0 Å². The van der Waals surface area contributed by atoms with Crippen LogP contribution in [0.2, 0.25) is 0 Å². The Kier molecular flexibility index (Phi) is 6.48. The number of amides is 1. The van der Waals surface area contributed by atoms with Crippen molar-refractivity contribution in [2.45, 2.75) is 13.3 Å². The number of oxime groups is 1. The second-order valence-electron chi connectivity index (χ2n) is 4.71. The summed E-state index contributed by atoms with van der Waals surface area (Å²) in [5, 5.41) is 14.4. The summed E-state index contributed by atoms with van der Waals surface area (Å²) in [6.07, 6.45) is 0.346. The first-order chi connectivity index (χ1) is 10.0. The molecular formula is C14H21N3O4. The van der Waals surface area contributed by atoms with Gasteiger partial charge in [0, 0.05) is 25.7 Å². The Bertz CT molecular complexity index is 517. The molecule has 21 heavy (non-hydrogen) atoms. The van der Waals surface area contributed by atoms with E-state index in [-0.39, 0.29) is 17.7 Å². The third kappa shape index (κ3) is 4.96. The lowest BCUT2D eigenvalue weighted by Crippen LogP contribution is -2.18. The molecule has 0 fully saturated rings. The van der Waals surface area contributed by atoms with E-state index < -0.39 is 0 Å². The molecule has 1 atom stereocenters. The van der Waals surface area contributed by atoms with Crippen molar-refractivity contribution in [2.75, 3.05) is 26.1 Å². The number of anilines is 1. The molecule has 0 radical (unpaired) electrons. The quantitative estimate of drug-likeness (QED) is 0.305. The maximum Gasteiger partial charge on any atom is 0.224 e. The van der Waals surface area contributed by atoms with Gasteiger partial charge in [-0.25, -0.2) is 0 Å². The molecule has 1 amide bonds. The molecule has 0 aliphatic rings. The highest BCUT2D eigenvalue weighted by atomic mass is 16.5. The van der Waals surface area contributed by atoms with Crippen molar-refractivity contribution >= 4 is 17.4 Å². The Morgan fingerprint density at radius 2 is 2.19 bits per heavy atom. The maximum absolute atomic E-state index is 11.9. The predicted molar refractivity (Wildman–Crippen MR) is 79.8 cm³/mol. The highest BCUT2D eigenvalue weighted by Gasteiger charge is 2.13. The number of methoxy groups -OCH3 is 2. The van der Waals surface area contributed by atoms with Gasteiger partial charge < -0.3 is 25.7 Å². The summed E-state index contributed by atoms with van der Waals surface area (Å²) in [5.41, 5.74) is 6.54. The first-order valence-corrected chi connectivity index (χ1v) is 6.46. The minimum atomic E-state index is -0.130. The molecule has 1 aromatic rings. The first-order valence-electron chi connectivity index (χ1n) is 6.46. The van der Waals surface area contributed by atoms with Crippen molar-refractivity contribution in [3.8, 4) is 5.75 Å². The first kappa shape index (κ1) is 16.8. The van der Waals surface area contributed by atoms with E-state index in [1.165, 1.54) is 7.11 Å². The van der Waals surface area contributed by atoms with Crippen LogP contribution in [-0.2, 0) is 9.53 Å². The topological polar surface area (TPSA) is 106 Å². The number of ether oxygens (including phenoxy) is 2. The molecule has 1 rings (SSSR count). The second kappa shape index (κ2) is 8.11. The fraction of sp³-hybridized carbons (Fsp3) is 0.429. The van der Waals surface area contributed by atoms with E-state index in [9.17, 15) is 4.79 Å². The van der Waals surface area contributed by atoms with E-state index in [4.69, 9.17) is 20.4 Å². The van der Waals surface area contributed by atoms with Crippen molar-refractivity contribution in [3.05, 3.63) is 23.8 Å². The van der Waals surface area contributed by atoms with Crippen LogP contribution in [0.4, 0.5) is 5.69 Å². The van der Waals surface area contributed by atoms with Crippen LogP contribution < -0.4 is 15.8 Å². The smallest absolute Gasteiger partial charge is 0.224 e. The van der Waals surface area contributed by atoms with Crippen molar-refractivity contribution in [3.63, 3.8) is 0 Å². The Balaban J connectivity index is 2.81. The number of nitrogens with one attached hydrogen (secondary N) is 1. The van der Waals surface area contributed by atoms with E-state index in [1.54, 1.807) is 25.3 Å². The average molecular weight is 295 g/mol. The number of rotatable bonds is 7. The van der Waals surface area contributed by atoms with Gasteiger partial charge in [0.25, 0.3) is 0 Å². The minimum Gasteiger partial charge on any atom is -0.495 e. The van der Waals surface area contributed by atoms with E-state index in [0.717, 1.165) is 0 Å². The van der Waals surface area contributed by atoms with Crippen LogP contribution in [-0.4, -0.2) is 37.8 Å². The van der Waals surface area contributed by atoms with Gasteiger partial charge in [-0.2, -0.15) is 0 Å². The third-order valence-electron chi connectivity index (χ3n) is 2.86. The molecule has 7 nitrogen and oxygen atoms in total. The van der Waals surface area contributed by atoms with Crippen LogP contribution in [0.25, 0.3) is 0 Å². The van der Waals surface area contributed by atoms with Gasteiger partial charge in [0.05, 0.1) is 12.8 Å². The summed E-state index contributed by atoms with van der Waals surface area (Å²) in [4.78, 5) is 11.9. The van der Waals surface area contributed by atoms with Crippen LogP contribution in [0.3, 0.4) is 0 Å². The molecule has 4 N–H and O–H groups in total. The zero-order valence-corrected chi connectivity index (χ0v) is 12.4. The molecule has 0 bridgehead atoms. The molecule has 1 aromatic carbocycles. The predicted octanol–water partition coefficient (Wildman–Crippen LogP) is 1.40. The Morgan fingerprint density at radius 1 is 1.48 bits per heavy atom. The standard InChI is InChI=1S/C14H21N3O4/c1-9(8-20-2)6-13(18)16-11-5-4-10(14(15)17-19)7-12(11)21-3/h4-5,7,9,19H,6,8H2,1-3H3,(H2,15,17)(H,16,18). The fourth-order valence-corrected chi connectivity index (χ4v) is 1.87. The Hall–Kier alpha value is -2.28. The highest BCUT2D eigenvalue weighted by Crippen LogP contribution is 2.26. The lowest BCUT2D eigenvalue weighted by atomic mass is 10.1. The fourth-order valence-electron chi connectivity index (χ4n) is 1.87. The lowest BCUT2D eigenvalue weighted by molar-refractivity contribution is -0.117. The zero-order chi connectivity index (χ0) is 15.8. The van der Waals surface area contributed by atoms with Gasteiger partial charge in [-0.15, -0.1) is 0 Å². The molecular weight excluding hydrogens is 274 g/mol. The molecule has 0 heterocycles. The molecule has 0 aliphatic heterocycles. The van der Waals surface area contributed by atoms with Gasteiger partial charge in [0.15, 0.2) is 5.84 Å². The SMILES string of the molecule is COCC(C)CC(=O)Nc1ccc(/C(N)=N/O)cc1OC. The molecule has 1 unspecified atom stereocenters. The molecule has 0 aliphatic carbocycles. The summed E-state index contributed by atoms with van der Waals surface area (Å²) >= 11 is 0. The van der Waals surface area contributed by atoms with Gasteiger partial charge in [0.1, 0.15) is 5.75 Å². The van der Waals surface area contributed by atoms with Crippen molar-refractivity contribution in [1.82, 2.24) is 0 Å². The third-order valence-corrected chi connectivity index (χ3v) is 2.86. The lowest BCUT2D eigenvalue weighted by Gasteiger charge is -2.13. The largest absolute Gasteiger partial charge is 0.495 e. The number of benzene rings is 1. The highest BCUT2D eigenvalue weighted by molar-refractivity contribution is 5.99. The number of hydrogen-bond acceptors (Lipinski definition) is 5. The molecule has 116 valence electrons. The van der Waals surface area contributed by atoms with Gasteiger partial charge in [-0.3, -0.25) is 4.79 Å². The van der Waals surface area contributed by atoms with Crippen molar-refractivity contribution < 1.29 is 19.5 Å². The minimum absolute atomic E-state index is 0.0279. The molecule has 0 saturated heterocycles. The van der Waals surface area contributed by atoms with E-state index in [2.05, 4.69) is 10.5 Å². The van der Waals surface area contributed by atoms with Crippen LogP contribution in [0.5, 0.6) is 5.75 Å². The summed E-state index contributed by atoms with van der Waals surface area (Å²) in [5.74, 6) is 0.401. The second-order valence-corrected chi connectivity index (χ2v) is 4.71. The molecule has 0 spiro atoms. The van der Waals surface area contributed by atoms with Gasteiger partial charge in [-0.1, -0.05) is 12.1 Å². The number of hydrogen-bond donors (Lipinski definition) is 3. The molecule has 0 aromatic heterocycles. The van der Waals surface area contributed by atoms with Crippen molar-refractivity contribution in [2.24, 2.45) is 16.8 Å². The number of amidine groups is 1. The molecule has 7 heteroatoms. The summed E-state index contributed by atoms with van der Waals surface area (Å²) < 4.78 is 10.2.